The van der Waals surface area contributed by atoms with Gasteiger partial charge in [0.1, 0.15) is 5.76 Å². The van der Waals surface area contributed by atoms with Gasteiger partial charge in [-0.05, 0) is 0 Å². The van der Waals surface area contributed by atoms with Gasteiger partial charge in [-0.25, -0.2) is 4.98 Å². The van der Waals surface area contributed by atoms with Crippen LogP contribution in [0.15, 0.2) is 10.6 Å². The topological polar surface area (TPSA) is 47.3 Å². The Labute approximate surface area is 91.0 Å². The highest BCUT2D eigenvalue weighted by Crippen LogP contribution is 2.22. The second-order valence-electron chi connectivity index (χ2n) is 4.54. The Morgan fingerprint density at radius 1 is 1.47 bits per heavy atom. The van der Waals surface area contributed by atoms with E-state index in [9.17, 15) is 0 Å². The molecule has 0 amide bonds. The third-order valence-electron chi connectivity index (χ3n) is 2.05. The van der Waals surface area contributed by atoms with E-state index in [0.717, 1.165) is 18.2 Å². The summed E-state index contributed by atoms with van der Waals surface area (Å²) in [5, 5.41) is 3.19. The van der Waals surface area contributed by atoms with Gasteiger partial charge in [-0.2, -0.15) is 0 Å². The molecule has 0 aliphatic rings. The summed E-state index contributed by atoms with van der Waals surface area (Å²) >= 11 is 0. The summed E-state index contributed by atoms with van der Waals surface area (Å²) in [4.78, 5) is 4.21. The molecule has 0 aromatic carbocycles. The summed E-state index contributed by atoms with van der Waals surface area (Å²) in [6.45, 7) is 8.48. The number of rotatable bonds is 5. The van der Waals surface area contributed by atoms with Crippen LogP contribution < -0.4 is 5.32 Å². The number of nitrogens with one attached hydrogen (secondary N) is 1. The summed E-state index contributed by atoms with van der Waals surface area (Å²) in [5.41, 5.74) is 0.0256. The molecule has 0 unspecified atom stereocenters. The highest BCUT2D eigenvalue weighted by molar-refractivity contribution is 5.05. The fourth-order valence-corrected chi connectivity index (χ4v) is 1.11. The standard InChI is InChI=1S/C11H20N2O2/c1-11(2,3)9-7-13-10(15-9)8-12-5-6-14-4/h7,12H,5-6,8H2,1-4H3. The minimum atomic E-state index is 0.0256. The normalized spacial score (nSPS) is 12.0. The Bertz CT molecular complexity index is 289. The summed E-state index contributed by atoms with van der Waals surface area (Å²) in [6.07, 6.45) is 1.80. The molecule has 0 atom stereocenters. The highest BCUT2D eigenvalue weighted by Gasteiger charge is 2.18. The predicted octanol–water partition coefficient (Wildman–Crippen LogP) is 1.71. The van der Waals surface area contributed by atoms with Crippen LogP contribution in [-0.2, 0) is 16.7 Å². The van der Waals surface area contributed by atoms with Gasteiger partial charge in [0.05, 0.1) is 19.3 Å². The first kappa shape index (κ1) is 12.2. The van der Waals surface area contributed by atoms with Crippen molar-refractivity contribution in [3.63, 3.8) is 0 Å². The van der Waals surface area contributed by atoms with Crippen LogP contribution in [0.5, 0.6) is 0 Å². The van der Waals surface area contributed by atoms with Crippen molar-refractivity contribution in [3.05, 3.63) is 17.8 Å². The third-order valence-corrected chi connectivity index (χ3v) is 2.05. The molecule has 0 aliphatic carbocycles. The number of methoxy groups -OCH3 is 1. The molecule has 1 aromatic heterocycles. The first-order chi connectivity index (χ1) is 7.04. The maximum absolute atomic E-state index is 5.61. The largest absolute Gasteiger partial charge is 0.444 e. The fraction of sp³-hybridized carbons (Fsp3) is 0.727. The van der Waals surface area contributed by atoms with Crippen LogP contribution in [0.2, 0.25) is 0 Å². The van der Waals surface area contributed by atoms with E-state index in [0.29, 0.717) is 13.2 Å². The van der Waals surface area contributed by atoms with E-state index in [1.54, 1.807) is 13.3 Å². The van der Waals surface area contributed by atoms with Gasteiger partial charge in [0.2, 0.25) is 5.89 Å². The summed E-state index contributed by atoms with van der Waals surface area (Å²) in [7, 11) is 1.69. The van der Waals surface area contributed by atoms with Crippen LogP contribution in [0.1, 0.15) is 32.4 Å². The second-order valence-corrected chi connectivity index (χ2v) is 4.54. The van der Waals surface area contributed by atoms with E-state index < -0.39 is 0 Å². The SMILES string of the molecule is COCCNCc1ncc(C(C)(C)C)o1. The molecule has 1 rings (SSSR count). The molecule has 0 bridgehead atoms. The van der Waals surface area contributed by atoms with Crippen molar-refractivity contribution >= 4 is 0 Å². The third kappa shape index (κ3) is 4.01. The molecular formula is C11H20N2O2. The van der Waals surface area contributed by atoms with E-state index in [2.05, 4.69) is 31.1 Å². The second kappa shape index (κ2) is 5.28. The van der Waals surface area contributed by atoms with E-state index in [1.807, 2.05) is 0 Å². The number of aromatic nitrogens is 1. The van der Waals surface area contributed by atoms with Crippen LogP contribution in [0.25, 0.3) is 0 Å². The average molecular weight is 212 g/mol. The van der Waals surface area contributed by atoms with Gasteiger partial charge in [0, 0.05) is 19.1 Å². The monoisotopic (exact) mass is 212 g/mol. The first-order valence-corrected chi connectivity index (χ1v) is 5.19. The van der Waals surface area contributed by atoms with Crippen LogP contribution >= 0.6 is 0 Å². The summed E-state index contributed by atoms with van der Waals surface area (Å²) < 4.78 is 10.5. The number of hydrogen-bond donors (Lipinski definition) is 1. The number of ether oxygens (including phenoxy) is 1. The van der Waals surface area contributed by atoms with Gasteiger partial charge < -0.3 is 14.5 Å². The molecule has 1 N–H and O–H groups in total. The van der Waals surface area contributed by atoms with Crippen LogP contribution in [0, 0.1) is 0 Å². The van der Waals surface area contributed by atoms with Gasteiger partial charge >= 0.3 is 0 Å². The van der Waals surface area contributed by atoms with E-state index in [-0.39, 0.29) is 5.41 Å². The van der Waals surface area contributed by atoms with Gasteiger partial charge in [-0.1, -0.05) is 20.8 Å². The quantitative estimate of drug-likeness (QED) is 0.755. The smallest absolute Gasteiger partial charge is 0.208 e. The zero-order valence-electron chi connectivity index (χ0n) is 9.96. The lowest BCUT2D eigenvalue weighted by molar-refractivity contribution is 0.198. The van der Waals surface area contributed by atoms with Crippen molar-refractivity contribution in [2.75, 3.05) is 20.3 Å². The molecule has 1 heterocycles. The van der Waals surface area contributed by atoms with Gasteiger partial charge in [0.15, 0.2) is 0 Å². The van der Waals surface area contributed by atoms with Crippen molar-refractivity contribution in [2.24, 2.45) is 0 Å². The Morgan fingerprint density at radius 3 is 2.73 bits per heavy atom. The minimum absolute atomic E-state index is 0.0256. The van der Waals surface area contributed by atoms with Gasteiger partial charge in [-0.15, -0.1) is 0 Å². The molecule has 0 saturated heterocycles. The first-order valence-electron chi connectivity index (χ1n) is 5.19. The Morgan fingerprint density at radius 2 is 2.20 bits per heavy atom. The van der Waals surface area contributed by atoms with Crippen molar-refractivity contribution in [1.29, 1.82) is 0 Å². The zero-order valence-corrected chi connectivity index (χ0v) is 9.96. The molecule has 0 radical (unpaired) electrons. The molecule has 0 aliphatic heterocycles. The number of nitrogens with zero attached hydrogens (tertiary/aromatic N) is 1. The van der Waals surface area contributed by atoms with E-state index in [1.165, 1.54) is 0 Å². The van der Waals surface area contributed by atoms with Crippen LogP contribution in [0.4, 0.5) is 0 Å². The van der Waals surface area contributed by atoms with E-state index in [4.69, 9.17) is 9.15 Å². The lowest BCUT2D eigenvalue weighted by Gasteiger charge is -2.13. The maximum atomic E-state index is 5.61. The molecule has 15 heavy (non-hydrogen) atoms. The maximum Gasteiger partial charge on any atom is 0.208 e. The van der Waals surface area contributed by atoms with Crippen molar-refractivity contribution in [3.8, 4) is 0 Å². The van der Waals surface area contributed by atoms with Gasteiger partial charge in [-0.3, -0.25) is 0 Å². The molecule has 0 spiro atoms. The van der Waals surface area contributed by atoms with Crippen LogP contribution in [-0.4, -0.2) is 25.2 Å². The lowest BCUT2D eigenvalue weighted by Crippen LogP contribution is -2.18. The molecule has 86 valence electrons. The Hall–Kier alpha value is -0.870. The molecule has 0 fully saturated rings. The fourth-order valence-electron chi connectivity index (χ4n) is 1.11. The molecule has 0 saturated carbocycles. The molecule has 1 aromatic rings. The van der Waals surface area contributed by atoms with E-state index >= 15 is 0 Å². The zero-order chi connectivity index (χ0) is 11.3. The average Bonchev–Trinajstić information content (AvgIpc) is 2.60. The Kier molecular flexibility index (Phi) is 4.29. The summed E-state index contributed by atoms with van der Waals surface area (Å²) in [5.74, 6) is 1.65. The van der Waals surface area contributed by atoms with Crippen molar-refractivity contribution in [1.82, 2.24) is 10.3 Å². The van der Waals surface area contributed by atoms with Crippen molar-refractivity contribution < 1.29 is 9.15 Å². The molecule has 4 heteroatoms. The molecule has 4 nitrogen and oxygen atoms in total. The highest BCUT2D eigenvalue weighted by atomic mass is 16.5. The van der Waals surface area contributed by atoms with Crippen molar-refractivity contribution in [2.45, 2.75) is 32.7 Å². The van der Waals surface area contributed by atoms with Crippen LogP contribution in [0.3, 0.4) is 0 Å². The minimum Gasteiger partial charge on any atom is -0.444 e. The lowest BCUT2D eigenvalue weighted by atomic mass is 9.94. The van der Waals surface area contributed by atoms with Gasteiger partial charge in [0.25, 0.3) is 0 Å². The predicted molar refractivity (Wildman–Crippen MR) is 58.8 cm³/mol. The summed E-state index contributed by atoms with van der Waals surface area (Å²) in [6, 6.07) is 0. The molecular weight excluding hydrogens is 192 g/mol. The number of oxazole rings is 1. The number of hydrogen-bond acceptors (Lipinski definition) is 4. The Balaban J connectivity index is 2.40.